The summed E-state index contributed by atoms with van der Waals surface area (Å²) < 4.78 is 0. The summed E-state index contributed by atoms with van der Waals surface area (Å²) in [4.78, 5) is 3.22. The van der Waals surface area contributed by atoms with E-state index in [0.29, 0.717) is 0 Å². The summed E-state index contributed by atoms with van der Waals surface area (Å²) in [5.41, 5.74) is 2.48. The molecule has 2 aromatic rings. The Hall–Kier alpha value is -1.54. The van der Waals surface area contributed by atoms with Crippen LogP contribution in [-0.2, 0) is 0 Å². The fourth-order valence-corrected chi connectivity index (χ4v) is 1.69. The zero-order valence-electron chi connectivity index (χ0n) is 8.96. The highest BCUT2D eigenvalue weighted by molar-refractivity contribution is 5.88. The maximum Gasteiger partial charge on any atom is 0.0459 e. The van der Waals surface area contributed by atoms with E-state index in [4.69, 9.17) is 0 Å². The number of benzene rings is 1. The molecule has 2 N–H and O–H groups in total. The van der Waals surface area contributed by atoms with E-state index in [2.05, 4.69) is 46.7 Å². The average Bonchev–Trinajstić information content (AvgIpc) is 2.73. The Morgan fingerprint density at radius 2 is 2.27 bits per heavy atom. The van der Waals surface area contributed by atoms with Gasteiger partial charge in [0.1, 0.15) is 0 Å². The molecule has 0 saturated heterocycles. The molecule has 0 atom stereocenters. The van der Waals surface area contributed by atoms with Gasteiger partial charge in [0.05, 0.1) is 0 Å². The number of H-pyrrole nitrogens is 1. The number of hydrogen-bond donors (Lipinski definition) is 2. The highest BCUT2D eigenvalue weighted by Crippen LogP contribution is 2.18. The first-order valence-corrected chi connectivity index (χ1v) is 5.29. The molecule has 0 aliphatic carbocycles. The molecule has 15 heavy (non-hydrogen) atoms. The van der Waals surface area contributed by atoms with Crippen molar-refractivity contribution in [3.8, 4) is 0 Å². The largest absolute Gasteiger partial charge is 0.361 e. The molecule has 2 heteroatoms. The van der Waals surface area contributed by atoms with Gasteiger partial charge in [0, 0.05) is 17.1 Å². The van der Waals surface area contributed by atoms with Gasteiger partial charge in [-0.05, 0) is 37.7 Å². The Kier molecular flexibility index (Phi) is 3.20. The number of hydrogen-bond acceptors (Lipinski definition) is 1. The molecule has 0 radical (unpaired) electrons. The van der Waals surface area contributed by atoms with Gasteiger partial charge in [0.25, 0.3) is 0 Å². The van der Waals surface area contributed by atoms with Crippen LogP contribution in [-0.4, -0.2) is 18.6 Å². The van der Waals surface area contributed by atoms with Gasteiger partial charge in [-0.25, -0.2) is 0 Å². The lowest BCUT2D eigenvalue weighted by atomic mass is 10.1. The Labute approximate surface area is 90.0 Å². The Balaban J connectivity index is 2.20. The second-order valence-corrected chi connectivity index (χ2v) is 3.58. The monoisotopic (exact) mass is 200 g/mol. The molecule has 0 aliphatic rings. The van der Waals surface area contributed by atoms with Crippen molar-refractivity contribution in [2.24, 2.45) is 0 Å². The number of aromatic nitrogens is 1. The van der Waals surface area contributed by atoms with Crippen LogP contribution in [0.3, 0.4) is 0 Å². The summed E-state index contributed by atoms with van der Waals surface area (Å²) in [5, 5.41) is 4.42. The van der Waals surface area contributed by atoms with Gasteiger partial charge in [0.2, 0.25) is 0 Å². The van der Waals surface area contributed by atoms with E-state index >= 15 is 0 Å². The van der Waals surface area contributed by atoms with Gasteiger partial charge in [0.15, 0.2) is 0 Å². The van der Waals surface area contributed by atoms with Crippen molar-refractivity contribution in [1.82, 2.24) is 10.3 Å². The van der Waals surface area contributed by atoms with E-state index in [1.807, 2.05) is 13.2 Å². The Morgan fingerprint density at radius 1 is 1.33 bits per heavy atom. The van der Waals surface area contributed by atoms with E-state index in [0.717, 1.165) is 13.0 Å². The number of aromatic amines is 1. The lowest BCUT2D eigenvalue weighted by molar-refractivity contribution is 0.809. The minimum absolute atomic E-state index is 1.03. The Morgan fingerprint density at radius 3 is 3.13 bits per heavy atom. The molecule has 0 spiro atoms. The molecule has 1 aromatic heterocycles. The van der Waals surface area contributed by atoms with Crippen LogP contribution in [0.2, 0.25) is 0 Å². The van der Waals surface area contributed by atoms with E-state index in [9.17, 15) is 0 Å². The average molecular weight is 200 g/mol. The number of nitrogens with one attached hydrogen (secondary N) is 2. The molecule has 0 aliphatic heterocycles. The van der Waals surface area contributed by atoms with Crippen LogP contribution in [0.15, 0.2) is 36.5 Å². The van der Waals surface area contributed by atoms with Crippen molar-refractivity contribution in [3.05, 3.63) is 42.1 Å². The van der Waals surface area contributed by atoms with Crippen molar-refractivity contribution in [2.75, 3.05) is 13.6 Å². The summed E-state index contributed by atoms with van der Waals surface area (Å²) in [7, 11) is 1.97. The van der Waals surface area contributed by atoms with Gasteiger partial charge < -0.3 is 10.3 Å². The van der Waals surface area contributed by atoms with Crippen molar-refractivity contribution in [1.29, 1.82) is 0 Å². The molecule has 0 bridgehead atoms. The van der Waals surface area contributed by atoms with E-state index in [1.165, 1.54) is 16.5 Å². The maximum absolute atomic E-state index is 3.22. The van der Waals surface area contributed by atoms with Crippen LogP contribution in [0, 0.1) is 0 Å². The normalized spacial score (nSPS) is 11.5. The molecule has 1 heterocycles. The summed E-state index contributed by atoms with van der Waals surface area (Å²) in [6.07, 6.45) is 7.44. The zero-order valence-corrected chi connectivity index (χ0v) is 8.96. The first kappa shape index (κ1) is 9.99. The summed E-state index contributed by atoms with van der Waals surface area (Å²) >= 11 is 0. The summed E-state index contributed by atoms with van der Waals surface area (Å²) in [6, 6.07) is 8.44. The van der Waals surface area contributed by atoms with Crippen LogP contribution < -0.4 is 5.32 Å². The standard InChI is InChI=1S/C13H16N2/c1-14-9-3-2-5-11-6-4-7-13-12(11)8-10-15-13/h2,4-8,10,14-15H,3,9H2,1H3. The van der Waals surface area contributed by atoms with Crippen LogP contribution in [0.5, 0.6) is 0 Å². The second-order valence-electron chi connectivity index (χ2n) is 3.58. The van der Waals surface area contributed by atoms with Crippen LogP contribution in [0.1, 0.15) is 12.0 Å². The molecule has 1 aromatic carbocycles. The van der Waals surface area contributed by atoms with Crippen LogP contribution in [0.25, 0.3) is 17.0 Å². The van der Waals surface area contributed by atoms with E-state index < -0.39 is 0 Å². The molecule has 2 nitrogen and oxygen atoms in total. The first-order chi connectivity index (χ1) is 7.42. The SMILES string of the molecule is CNCCC=Cc1cccc2[nH]ccc12. The molecular weight excluding hydrogens is 184 g/mol. The molecule has 2 rings (SSSR count). The van der Waals surface area contributed by atoms with Gasteiger partial charge in [-0.2, -0.15) is 0 Å². The highest BCUT2D eigenvalue weighted by atomic mass is 14.8. The minimum Gasteiger partial charge on any atom is -0.361 e. The number of fused-ring (bicyclic) bond motifs is 1. The van der Waals surface area contributed by atoms with E-state index in [1.54, 1.807) is 0 Å². The van der Waals surface area contributed by atoms with Gasteiger partial charge in [-0.3, -0.25) is 0 Å². The quantitative estimate of drug-likeness (QED) is 0.730. The van der Waals surface area contributed by atoms with Crippen molar-refractivity contribution >= 4 is 17.0 Å². The first-order valence-electron chi connectivity index (χ1n) is 5.29. The smallest absolute Gasteiger partial charge is 0.0459 e. The minimum atomic E-state index is 1.03. The fourth-order valence-electron chi connectivity index (χ4n) is 1.69. The molecular formula is C13H16N2. The van der Waals surface area contributed by atoms with Gasteiger partial charge >= 0.3 is 0 Å². The summed E-state index contributed by atoms with van der Waals surface area (Å²) in [5.74, 6) is 0. The Bertz CT molecular complexity index is 454. The third kappa shape index (κ3) is 2.28. The molecule has 0 fully saturated rings. The third-order valence-electron chi connectivity index (χ3n) is 2.49. The molecule has 0 unspecified atom stereocenters. The lowest BCUT2D eigenvalue weighted by Gasteiger charge is -1.96. The van der Waals surface area contributed by atoms with Crippen LogP contribution >= 0.6 is 0 Å². The van der Waals surface area contributed by atoms with Crippen molar-refractivity contribution in [3.63, 3.8) is 0 Å². The molecule has 0 saturated carbocycles. The van der Waals surface area contributed by atoms with Crippen molar-refractivity contribution < 1.29 is 0 Å². The fraction of sp³-hybridized carbons (Fsp3) is 0.231. The van der Waals surface area contributed by atoms with Crippen LogP contribution in [0.4, 0.5) is 0 Å². The predicted molar refractivity (Wildman–Crippen MR) is 65.9 cm³/mol. The topological polar surface area (TPSA) is 27.8 Å². The predicted octanol–water partition coefficient (Wildman–Crippen LogP) is 2.79. The second kappa shape index (κ2) is 4.80. The summed E-state index contributed by atoms with van der Waals surface area (Å²) in [6.45, 7) is 1.03. The molecule has 78 valence electrons. The van der Waals surface area contributed by atoms with Crippen molar-refractivity contribution in [2.45, 2.75) is 6.42 Å². The van der Waals surface area contributed by atoms with E-state index in [-0.39, 0.29) is 0 Å². The highest BCUT2D eigenvalue weighted by Gasteiger charge is 1.96. The maximum atomic E-state index is 3.22. The molecule has 0 amide bonds. The number of rotatable bonds is 4. The van der Waals surface area contributed by atoms with Gasteiger partial charge in [-0.1, -0.05) is 24.3 Å². The third-order valence-corrected chi connectivity index (χ3v) is 2.49. The zero-order chi connectivity index (χ0) is 10.5. The lowest BCUT2D eigenvalue weighted by Crippen LogP contribution is -2.05. The van der Waals surface area contributed by atoms with Gasteiger partial charge in [-0.15, -0.1) is 0 Å².